The van der Waals surface area contributed by atoms with Crippen LogP contribution in [-0.4, -0.2) is 18.2 Å². The molecule has 0 spiro atoms. The molecule has 32 heavy (non-hydrogen) atoms. The molecule has 0 saturated carbocycles. The zero-order valence-corrected chi connectivity index (χ0v) is 19.4. The lowest BCUT2D eigenvalue weighted by atomic mass is 10.1. The average Bonchev–Trinajstić information content (AvgIpc) is 3.14. The van der Waals surface area contributed by atoms with E-state index < -0.39 is 0 Å². The first-order chi connectivity index (χ1) is 15.6. The maximum atomic E-state index is 13.4. The van der Waals surface area contributed by atoms with Gasteiger partial charge in [-0.3, -0.25) is 9.69 Å². The number of carbonyl (C=O) groups is 1. The smallest absolute Gasteiger partial charge is 0.271 e. The molecule has 1 aliphatic rings. The van der Waals surface area contributed by atoms with Crippen LogP contribution in [0.4, 0.5) is 11.4 Å². The summed E-state index contributed by atoms with van der Waals surface area (Å²) in [6, 6.07) is 23.9. The van der Waals surface area contributed by atoms with Crippen molar-refractivity contribution < 1.29 is 9.53 Å². The molecule has 0 atom stereocenters. The minimum Gasteiger partial charge on any atom is -0.497 e. The second-order valence-electron chi connectivity index (χ2n) is 7.46. The summed E-state index contributed by atoms with van der Waals surface area (Å²) in [7, 11) is 1.64. The van der Waals surface area contributed by atoms with E-state index in [1.54, 1.807) is 12.0 Å². The van der Waals surface area contributed by atoms with Crippen LogP contribution in [0.25, 0.3) is 6.08 Å². The lowest BCUT2D eigenvalue weighted by molar-refractivity contribution is -0.113. The number of anilines is 1. The van der Waals surface area contributed by atoms with E-state index in [1.165, 1.54) is 22.9 Å². The molecule has 1 aliphatic heterocycles. The second-order valence-corrected chi connectivity index (χ2v) is 8.47. The molecule has 0 unspecified atom stereocenters. The lowest BCUT2D eigenvalue weighted by Crippen LogP contribution is -2.28. The molecule has 3 aromatic rings. The Balaban J connectivity index is 1.72. The van der Waals surface area contributed by atoms with Gasteiger partial charge in [-0.05, 0) is 83.8 Å². The molecule has 1 saturated heterocycles. The van der Waals surface area contributed by atoms with Gasteiger partial charge < -0.3 is 4.74 Å². The molecule has 3 aromatic carbocycles. The molecule has 162 valence electrons. The number of rotatable bonds is 6. The van der Waals surface area contributed by atoms with E-state index in [-0.39, 0.29) is 5.91 Å². The van der Waals surface area contributed by atoms with Crippen LogP contribution < -0.4 is 9.64 Å². The molecule has 0 N–H and O–H groups in total. The number of nitrogens with zero attached hydrogens (tertiary/aromatic N) is 2. The molecule has 1 heterocycles. The topological polar surface area (TPSA) is 41.9 Å². The number of hydrogen-bond donors (Lipinski definition) is 0. The zero-order valence-electron chi connectivity index (χ0n) is 18.5. The van der Waals surface area contributed by atoms with Crippen LogP contribution in [0.3, 0.4) is 0 Å². The average molecular weight is 443 g/mol. The molecule has 5 heteroatoms. The Morgan fingerprint density at radius 2 is 1.47 bits per heavy atom. The fourth-order valence-electron chi connectivity index (χ4n) is 3.43. The number of aliphatic imine (C=N–C) groups is 1. The molecule has 0 aromatic heterocycles. The Morgan fingerprint density at radius 1 is 0.875 bits per heavy atom. The Hall–Kier alpha value is -3.31. The van der Waals surface area contributed by atoms with E-state index in [9.17, 15) is 4.79 Å². The zero-order chi connectivity index (χ0) is 22.5. The summed E-state index contributed by atoms with van der Waals surface area (Å²) in [5, 5.41) is 0.656. The molecular weight excluding hydrogens is 416 g/mol. The predicted octanol–water partition coefficient (Wildman–Crippen LogP) is 6.63. The maximum Gasteiger partial charge on any atom is 0.271 e. The number of thioether (sulfide) groups is 1. The summed E-state index contributed by atoms with van der Waals surface area (Å²) in [6.45, 7) is 4.25. The van der Waals surface area contributed by atoms with Gasteiger partial charge in [0.25, 0.3) is 5.91 Å². The van der Waals surface area contributed by atoms with Crippen molar-refractivity contribution in [2.75, 3.05) is 12.0 Å². The lowest BCUT2D eigenvalue weighted by Gasteiger charge is -2.16. The van der Waals surface area contributed by atoms with Gasteiger partial charge >= 0.3 is 0 Å². The van der Waals surface area contributed by atoms with Crippen molar-refractivity contribution in [1.82, 2.24) is 0 Å². The highest BCUT2D eigenvalue weighted by atomic mass is 32.2. The number of hydrogen-bond acceptors (Lipinski definition) is 4. The van der Waals surface area contributed by atoms with Crippen molar-refractivity contribution in [2.45, 2.75) is 26.7 Å². The maximum absolute atomic E-state index is 13.4. The SMILES string of the molecule is CCc1ccc(N=C2S/C(=C/c3ccc(OC)cc3)C(=O)N2c2ccc(CC)cc2)cc1. The Morgan fingerprint density at radius 3 is 2.03 bits per heavy atom. The number of methoxy groups -OCH3 is 1. The highest BCUT2D eigenvalue weighted by molar-refractivity contribution is 8.19. The Kier molecular flexibility index (Phi) is 6.76. The summed E-state index contributed by atoms with van der Waals surface area (Å²) in [5.74, 6) is 0.715. The highest BCUT2D eigenvalue weighted by Crippen LogP contribution is 2.37. The number of ether oxygens (including phenoxy) is 1. The first kappa shape index (κ1) is 21.9. The van der Waals surface area contributed by atoms with E-state index in [0.717, 1.165) is 35.5 Å². The third-order valence-corrected chi connectivity index (χ3v) is 6.36. The largest absolute Gasteiger partial charge is 0.497 e. The predicted molar refractivity (Wildman–Crippen MR) is 135 cm³/mol. The number of aryl methyl sites for hydroxylation is 2. The van der Waals surface area contributed by atoms with E-state index >= 15 is 0 Å². The molecule has 4 nitrogen and oxygen atoms in total. The number of amides is 1. The van der Waals surface area contributed by atoms with E-state index in [1.807, 2.05) is 54.6 Å². The van der Waals surface area contributed by atoms with Gasteiger partial charge in [-0.2, -0.15) is 0 Å². The molecule has 0 radical (unpaired) electrons. The molecule has 0 bridgehead atoms. The monoisotopic (exact) mass is 442 g/mol. The van der Waals surface area contributed by atoms with E-state index in [2.05, 4.69) is 38.1 Å². The first-order valence-electron chi connectivity index (χ1n) is 10.8. The summed E-state index contributed by atoms with van der Waals surface area (Å²) >= 11 is 1.40. The van der Waals surface area contributed by atoms with Gasteiger partial charge in [0.2, 0.25) is 0 Å². The molecule has 4 rings (SSSR count). The van der Waals surface area contributed by atoms with Gasteiger partial charge in [-0.1, -0.05) is 50.2 Å². The van der Waals surface area contributed by atoms with Crippen LogP contribution in [0.5, 0.6) is 5.75 Å². The third-order valence-electron chi connectivity index (χ3n) is 5.39. The molecule has 1 amide bonds. The fraction of sp³-hybridized carbons (Fsp3) is 0.185. The number of amidine groups is 1. The summed E-state index contributed by atoms with van der Waals surface area (Å²) in [4.78, 5) is 20.6. The quantitative estimate of drug-likeness (QED) is 0.402. The van der Waals surface area contributed by atoms with Crippen molar-refractivity contribution in [3.63, 3.8) is 0 Å². The summed E-state index contributed by atoms with van der Waals surface area (Å²) in [6.07, 6.45) is 3.84. The van der Waals surface area contributed by atoms with Crippen LogP contribution in [0.15, 0.2) is 82.7 Å². The van der Waals surface area contributed by atoms with Crippen molar-refractivity contribution in [3.05, 3.63) is 94.4 Å². The number of carbonyl (C=O) groups excluding carboxylic acids is 1. The second kappa shape index (κ2) is 9.88. The van der Waals surface area contributed by atoms with E-state index in [4.69, 9.17) is 9.73 Å². The Bertz CT molecular complexity index is 1150. The minimum atomic E-state index is -0.0704. The van der Waals surface area contributed by atoms with Crippen molar-refractivity contribution in [1.29, 1.82) is 0 Å². The van der Waals surface area contributed by atoms with Gasteiger partial charge in [0.1, 0.15) is 5.75 Å². The van der Waals surface area contributed by atoms with Crippen LogP contribution >= 0.6 is 11.8 Å². The van der Waals surface area contributed by atoms with E-state index in [0.29, 0.717) is 10.1 Å². The third kappa shape index (κ3) is 4.78. The summed E-state index contributed by atoms with van der Waals surface area (Å²) < 4.78 is 5.23. The van der Waals surface area contributed by atoms with Crippen molar-refractivity contribution >= 4 is 40.3 Å². The number of benzene rings is 3. The van der Waals surface area contributed by atoms with Gasteiger partial charge in [-0.15, -0.1) is 0 Å². The standard InChI is InChI=1S/C27H26N2O2S/c1-4-19-6-12-22(13-7-19)28-27-29(23-14-8-20(5-2)9-15-23)26(30)25(32-27)18-21-10-16-24(31-3)17-11-21/h6-18H,4-5H2,1-3H3/b25-18+,28-27?. The minimum absolute atomic E-state index is 0.0704. The van der Waals surface area contributed by atoms with Crippen LogP contribution in [0.1, 0.15) is 30.5 Å². The summed E-state index contributed by atoms with van der Waals surface area (Å²) in [5.41, 5.74) is 5.09. The normalized spacial score (nSPS) is 16.2. The van der Waals surface area contributed by atoms with Gasteiger partial charge in [0, 0.05) is 0 Å². The van der Waals surface area contributed by atoms with Crippen LogP contribution in [0, 0.1) is 0 Å². The molecule has 1 fully saturated rings. The molecule has 0 aliphatic carbocycles. The first-order valence-corrected chi connectivity index (χ1v) is 11.6. The van der Waals surface area contributed by atoms with Crippen molar-refractivity contribution in [3.8, 4) is 5.75 Å². The highest BCUT2D eigenvalue weighted by Gasteiger charge is 2.34. The van der Waals surface area contributed by atoms with Crippen LogP contribution in [0.2, 0.25) is 0 Å². The Labute approximate surface area is 193 Å². The van der Waals surface area contributed by atoms with Gasteiger partial charge in [0.15, 0.2) is 5.17 Å². The van der Waals surface area contributed by atoms with Gasteiger partial charge in [0.05, 0.1) is 23.4 Å². The molecular formula is C27H26N2O2S. The van der Waals surface area contributed by atoms with Gasteiger partial charge in [-0.25, -0.2) is 4.99 Å². The van der Waals surface area contributed by atoms with Crippen molar-refractivity contribution in [2.24, 2.45) is 4.99 Å². The van der Waals surface area contributed by atoms with Crippen LogP contribution in [-0.2, 0) is 17.6 Å². The fourth-order valence-corrected chi connectivity index (χ4v) is 4.43.